The van der Waals surface area contributed by atoms with Gasteiger partial charge in [-0.25, -0.2) is 0 Å². The van der Waals surface area contributed by atoms with Gasteiger partial charge in [0.1, 0.15) is 73.2 Å². The summed E-state index contributed by atoms with van der Waals surface area (Å²) in [7, 11) is 0. The van der Waals surface area contributed by atoms with Gasteiger partial charge >= 0.3 is 0 Å². The van der Waals surface area contributed by atoms with Crippen LogP contribution in [0.5, 0.6) is 0 Å². The highest BCUT2D eigenvalue weighted by Crippen LogP contribution is 2.33. The zero-order valence-corrected chi connectivity index (χ0v) is 51.6. The van der Waals surface area contributed by atoms with Gasteiger partial charge in [0.25, 0.3) is 0 Å². The number of carbonyl (C=O) groups excluding carboxylic acids is 1. The van der Waals surface area contributed by atoms with E-state index in [0.717, 1.165) is 44.9 Å². The van der Waals surface area contributed by atoms with E-state index in [4.69, 9.17) is 28.4 Å². The van der Waals surface area contributed by atoms with E-state index in [0.29, 0.717) is 12.8 Å². The summed E-state index contributed by atoms with van der Waals surface area (Å²) in [5.41, 5.74) is 0. The second-order valence-corrected chi connectivity index (χ2v) is 23.9. The van der Waals surface area contributed by atoms with E-state index in [1.165, 1.54) is 161 Å². The smallest absolute Gasteiger partial charge is 0.220 e. The van der Waals surface area contributed by atoms with Crippen LogP contribution in [0.1, 0.15) is 239 Å². The molecule has 492 valence electrons. The summed E-state index contributed by atoms with van der Waals surface area (Å²) in [6, 6.07) is -0.992. The van der Waals surface area contributed by atoms with Crippen molar-refractivity contribution in [3.05, 3.63) is 36.5 Å². The highest BCUT2D eigenvalue weighted by molar-refractivity contribution is 5.76. The lowest BCUT2D eigenvalue weighted by Gasteiger charge is -2.48. The van der Waals surface area contributed by atoms with Crippen molar-refractivity contribution < 1.29 is 89.4 Å². The van der Waals surface area contributed by atoms with Crippen molar-refractivity contribution in [2.24, 2.45) is 0 Å². The predicted octanol–water partition coefficient (Wildman–Crippen LogP) is 7.66. The molecule has 17 unspecified atom stereocenters. The van der Waals surface area contributed by atoms with E-state index in [9.17, 15) is 61.0 Å². The number of amides is 1. The van der Waals surface area contributed by atoms with Gasteiger partial charge in [0, 0.05) is 6.42 Å². The molecule has 3 rings (SSSR count). The molecule has 1 amide bonds. The summed E-state index contributed by atoms with van der Waals surface area (Å²) in [5, 5.41) is 120. The Morgan fingerprint density at radius 3 is 1.19 bits per heavy atom. The van der Waals surface area contributed by atoms with E-state index < -0.39 is 124 Å². The second kappa shape index (κ2) is 47.9. The third-order valence-corrected chi connectivity index (χ3v) is 16.7. The van der Waals surface area contributed by atoms with Crippen LogP contribution < -0.4 is 5.32 Å². The maximum absolute atomic E-state index is 13.3. The molecule has 17 atom stereocenters. The molecule has 19 nitrogen and oxygen atoms in total. The Balaban J connectivity index is 1.42. The van der Waals surface area contributed by atoms with Crippen LogP contribution >= 0.6 is 0 Å². The Bertz CT molecular complexity index is 1670. The molecule has 0 bridgehead atoms. The molecule has 0 spiro atoms. The van der Waals surface area contributed by atoms with Crippen LogP contribution in [-0.2, 0) is 33.2 Å². The fourth-order valence-electron chi connectivity index (χ4n) is 11.2. The minimum absolute atomic E-state index is 0.234. The lowest BCUT2D eigenvalue weighted by Crippen LogP contribution is -2.66. The van der Waals surface area contributed by atoms with E-state index >= 15 is 0 Å². The number of unbranched alkanes of at least 4 members (excludes halogenated alkanes) is 30. The maximum Gasteiger partial charge on any atom is 0.220 e. The summed E-state index contributed by atoms with van der Waals surface area (Å²) in [6.45, 7) is 1.69. The van der Waals surface area contributed by atoms with Gasteiger partial charge in [-0.3, -0.25) is 4.79 Å². The van der Waals surface area contributed by atoms with Crippen LogP contribution in [0.2, 0.25) is 0 Å². The number of rotatable bonds is 50. The fraction of sp³-hybridized carbons (Fsp3) is 0.892. The Morgan fingerprint density at radius 1 is 0.417 bits per heavy atom. The van der Waals surface area contributed by atoms with Crippen LogP contribution in [0.4, 0.5) is 0 Å². The van der Waals surface area contributed by atoms with Gasteiger partial charge in [0.05, 0.1) is 38.6 Å². The molecule has 3 saturated heterocycles. The molecule has 0 saturated carbocycles. The van der Waals surface area contributed by atoms with Gasteiger partial charge in [0.2, 0.25) is 5.91 Å². The molecule has 0 aliphatic carbocycles. The zero-order chi connectivity index (χ0) is 61.2. The number of aliphatic hydroxyl groups excluding tert-OH is 11. The van der Waals surface area contributed by atoms with Crippen molar-refractivity contribution >= 4 is 5.91 Å². The van der Waals surface area contributed by atoms with Gasteiger partial charge in [-0.15, -0.1) is 0 Å². The number of ether oxygens (including phenoxy) is 6. The van der Waals surface area contributed by atoms with E-state index in [2.05, 4.69) is 43.5 Å². The summed E-state index contributed by atoms with van der Waals surface area (Å²) in [6.07, 6.45) is 27.4. The van der Waals surface area contributed by atoms with Crippen molar-refractivity contribution in [2.75, 3.05) is 26.4 Å². The molecule has 3 fully saturated rings. The maximum atomic E-state index is 13.3. The lowest BCUT2D eigenvalue weighted by molar-refractivity contribution is -0.379. The number of hydrogen-bond donors (Lipinski definition) is 12. The number of allylic oxidation sites excluding steroid dienone is 5. The van der Waals surface area contributed by atoms with Gasteiger partial charge in [-0.1, -0.05) is 224 Å². The van der Waals surface area contributed by atoms with Crippen molar-refractivity contribution in [1.29, 1.82) is 0 Å². The normalized spacial score (nSPS) is 29.4. The van der Waals surface area contributed by atoms with E-state index in [1.807, 2.05) is 6.08 Å². The number of hydrogen-bond acceptors (Lipinski definition) is 18. The van der Waals surface area contributed by atoms with Crippen LogP contribution in [0, 0.1) is 0 Å². The Morgan fingerprint density at radius 2 is 0.762 bits per heavy atom. The second-order valence-electron chi connectivity index (χ2n) is 23.9. The lowest BCUT2D eigenvalue weighted by atomic mass is 9.96. The van der Waals surface area contributed by atoms with Crippen LogP contribution in [0.25, 0.3) is 0 Å². The van der Waals surface area contributed by atoms with Gasteiger partial charge in [0.15, 0.2) is 18.9 Å². The minimum Gasteiger partial charge on any atom is -0.394 e. The summed E-state index contributed by atoms with van der Waals surface area (Å²) in [5.74, 6) is -0.291. The molecule has 3 aliphatic heterocycles. The number of aliphatic hydroxyl groups is 11. The summed E-state index contributed by atoms with van der Waals surface area (Å²) in [4.78, 5) is 13.3. The highest BCUT2D eigenvalue weighted by atomic mass is 16.8. The molecule has 3 heterocycles. The molecule has 19 heteroatoms. The quantitative estimate of drug-likeness (QED) is 0.0205. The molecule has 0 aromatic heterocycles. The van der Waals surface area contributed by atoms with Gasteiger partial charge in [-0.2, -0.15) is 0 Å². The molecule has 0 radical (unpaired) electrons. The molecule has 3 aliphatic rings. The summed E-state index contributed by atoms with van der Waals surface area (Å²) < 4.78 is 34.2. The van der Waals surface area contributed by atoms with Crippen molar-refractivity contribution in [3.63, 3.8) is 0 Å². The van der Waals surface area contributed by atoms with Crippen molar-refractivity contribution in [1.82, 2.24) is 5.32 Å². The molecule has 0 aromatic rings. The first-order chi connectivity index (χ1) is 40.8. The van der Waals surface area contributed by atoms with Crippen LogP contribution in [-0.4, -0.2) is 193 Å². The fourth-order valence-corrected chi connectivity index (χ4v) is 11.2. The molecular formula is C65H119NO18. The molecule has 0 aromatic carbocycles. The third kappa shape index (κ3) is 30.5. The first kappa shape index (κ1) is 76.3. The Kier molecular flexibility index (Phi) is 43.5. The highest BCUT2D eigenvalue weighted by Gasteiger charge is 2.53. The van der Waals surface area contributed by atoms with E-state index in [-0.39, 0.29) is 18.9 Å². The van der Waals surface area contributed by atoms with Crippen molar-refractivity contribution in [2.45, 2.75) is 343 Å². The molecule has 84 heavy (non-hydrogen) atoms. The first-order valence-corrected chi connectivity index (χ1v) is 33.2. The number of nitrogens with one attached hydrogen (secondary N) is 1. The predicted molar refractivity (Wildman–Crippen MR) is 323 cm³/mol. The monoisotopic (exact) mass is 1200 g/mol. The average molecular weight is 1200 g/mol. The number of carbonyl (C=O) groups is 1. The summed E-state index contributed by atoms with van der Waals surface area (Å²) >= 11 is 0. The van der Waals surface area contributed by atoms with Crippen molar-refractivity contribution in [3.8, 4) is 0 Å². The topological polar surface area (TPSA) is 307 Å². The largest absolute Gasteiger partial charge is 0.394 e. The third-order valence-electron chi connectivity index (χ3n) is 16.7. The standard InChI is InChI=1S/C65H119NO18/c1-3-5-7-9-11-13-15-16-17-18-19-20-21-22-23-24-25-26-27-28-29-30-31-32-33-34-36-38-40-42-49(70)48(66-53(71)43-41-39-37-35-14-12-10-8-6-4-2)47-79-63-59(77)56(74)61(51(45-68)81-63)84-65-60(78)57(75)62(52(46-69)82-65)83-64-58(76)55(73)54(72)50(44-67)80-64/h29-30,33-34,40,42,48-52,54-65,67-70,72-78H,3-28,31-32,35-39,41,43-47H2,1-2H3,(H,66,71)/b30-29+,34-33+,42-40+. The zero-order valence-electron chi connectivity index (χ0n) is 51.6. The Labute approximate surface area is 504 Å². The van der Waals surface area contributed by atoms with Gasteiger partial charge < -0.3 is 89.9 Å². The van der Waals surface area contributed by atoms with E-state index in [1.54, 1.807) is 6.08 Å². The van der Waals surface area contributed by atoms with Crippen LogP contribution in [0.15, 0.2) is 36.5 Å². The minimum atomic E-state index is -1.98. The van der Waals surface area contributed by atoms with Gasteiger partial charge in [-0.05, 0) is 44.9 Å². The van der Waals surface area contributed by atoms with Crippen LogP contribution in [0.3, 0.4) is 0 Å². The molecular weight excluding hydrogens is 1080 g/mol. The SMILES string of the molecule is CCCCCCCCCCCCCCCCCCCCC/C=C/CC/C=C/CC/C=C/C(O)C(COC1OC(CO)C(OC2OC(CO)C(OC3OC(CO)C(O)C(O)C3O)C(O)C2O)C(O)C1O)NC(=O)CCCCCCCCCCCC. The Hall–Kier alpha value is -1.99. The first-order valence-electron chi connectivity index (χ1n) is 33.2. The molecule has 12 N–H and O–H groups in total. The average Bonchev–Trinajstić information content (AvgIpc) is 3.63.